The number of aromatic nitrogens is 3. The van der Waals surface area contributed by atoms with Crippen LogP contribution in [0.2, 0.25) is 0 Å². The molecule has 1 amide bonds. The molecule has 4 heterocycles. The van der Waals surface area contributed by atoms with E-state index >= 15 is 0 Å². The lowest BCUT2D eigenvalue weighted by atomic mass is 9.88. The fraction of sp³-hybridized carbons (Fsp3) is 0.333. The number of aliphatic hydroxyl groups is 1. The highest BCUT2D eigenvalue weighted by molar-refractivity contribution is 6.01. The van der Waals surface area contributed by atoms with Gasteiger partial charge in [-0.25, -0.2) is 14.1 Å². The Balaban J connectivity index is 1.62. The molecule has 2 aliphatic heterocycles. The van der Waals surface area contributed by atoms with E-state index in [1.165, 1.54) is 18.2 Å². The van der Waals surface area contributed by atoms with Gasteiger partial charge in [-0.15, -0.1) is 0 Å². The molecule has 3 aromatic rings. The highest BCUT2D eigenvalue weighted by Crippen LogP contribution is 2.33. The van der Waals surface area contributed by atoms with Crippen LogP contribution in [0.4, 0.5) is 10.2 Å². The van der Waals surface area contributed by atoms with Crippen molar-refractivity contribution in [3.63, 3.8) is 0 Å². The van der Waals surface area contributed by atoms with Crippen LogP contribution < -0.4 is 10.2 Å². The number of β-amino-alcohol motifs (C(OH)–C–C–N with tert-alkyl or cyclic N) is 1. The molecule has 0 bridgehead atoms. The number of pyridine rings is 1. The molecule has 168 valence electrons. The summed E-state index contributed by atoms with van der Waals surface area (Å²) in [4.78, 5) is 19.1. The van der Waals surface area contributed by atoms with Crippen LogP contribution in [0.15, 0.2) is 36.5 Å². The fourth-order valence-electron chi connectivity index (χ4n) is 4.92. The summed E-state index contributed by atoms with van der Waals surface area (Å²) in [5.41, 5.74) is 1.02. The Kier molecular flexibility index (Phi) is 4.91. The second-order valence-electron chi connectivity index (χ2n) is 9.11. The van der Waals surface area contributed by atoms with E-state index in [4.69, 9.17) is 0 Å². The van der Waals surface area contributed by atoms with Gasteiger partial charge in [0.25, 0.3) is 5.91 Å². The Morgan fingerprint density at radius 3 is 2.91 bits per heavy atom. The zero-order valence-electron chi connectivity index (χ0n) is 18.3. The monoisotopic (exact) mass is 446 g/mol. The molecule has 1 aromatic carbocycles. The van der Waals surface area contributed by atoms with Gasteiger partial charge in [0.05, 0.1) is 52.0 Å². The quantitative estimate of drug-likeness (QED) is 0.641. The smallest absolute Gasteiger partial charge is 0.255 e. The number of carbonyl (C=O) groups excluding carboxylic acids is 1. The summed E-state index contributed by atoms with van der Waals surface area (Å²) in [6.07, 6.45) is 2.45. The molecule has 1 fully saturated rings. The lowest BCUT2D eigenvalue weighted by molar-refractivity contribution is 0.0282. The number of nitrogens with one attached hydrogen (secondary N) is 1. The predicted molar refractivity (Wildman–Crippen MR) is 119 cm³/mol. The largest absolute Gasteiger partial charge is 0.388 e. The number of hydrogen-bond donors (Lipinski definition) is 2. The first-order valence-electron chi connectivity index (χ1n) is 10.8. The molecule has 0 spiro atoms. The highest BCUT2D eigenvalue weighted by atomic mass is 19.1. The van der Waals surface area contributed by atoms with Crippen LogP contribution in [0.1, 0.15) is 41.9 Å². The van der Waals surface area contributed by atoms with Crippen molar-refractivity contribution < 1.29 is 14.3 Å². The lowest BCUT2D eigenvalue weighted by Gasteiger charge is -2.40. The van der Waals surface area contributed by atoms with E-state index in [2.05, 4.69) is 22.3 Å². The lowest BCUT2D eigenvalue weighted by Crippen LogP contribution is -2.49. The van der Waals surface area contributed by atoms with Crippen LogP contribution in [0, 0.1) is 23.1 Å². The first-order chi connectivity index (χ1) is 15.8. The first-order valence-corrected chi connectivity index (χ1v) is 10.8. The Labute approximate surface area is 190 Å². The average molecular weight is 446 g/mol. The van der Waals surface area contributed by atoms with Crippen LogP contribution in [0.5, 0.6) is 0 Å². The van der Waals surface area contributed by atoms with Crippen LogP contribution in [0.25, 0.3) is 16.9 Å². The summed E-state index contributed by atoms with van der Waals surface area (Å²) in [5.74, 6) is 0.137. The summed E-state index contributed by atoms with van der Waals surface area (Å²) < 4.78 is 16.3. The van der Waals surface area contributed by atoms with E-state index in [1.807, 2.05) is 24.0 Å². The van der Waals surface area contributed by atoms with Crippen molar-refractivity contribution >= 4 is 11.7 Å². The third kappa shape index (κ3) is 3.72. The van der Waals surface area contributed by atoms with Crippen LogP contribution in [-0.4, -0.2) is 44.5 Å². The number of nitrogens with zero attached hydrogens (tertiary/aromatic N) is 5. The number of benzene rings is 1. The standard InChI is InChI=1S/C24H23FN6O2/c1-14-9-24(2,33)13-30(12-14)20-6-7-31(29-20)19-8-17(28-18-11-27-23(32)22(18)19)21-15(10-26)4-3-5-16(21)25/h3-8,14,33H,9,11-13H2,1-2H3,(H,27,32)/t14?,24-/m0/s1. The van der Waals surface area contributed by atoms with Gasteiger partial charge in [0, 0.05) is 25.4 Å². The van der Waals surface area contributed by atoms with Crippen LogP contribution in [-0.2, 0) is 6.54 Å². The third-order valence-electron chi connectivity index (χ3n) is 6.10. The summed E-state index contributed by atoms with van der Waals surface area (Å²) in [6, 6.07) is 9.73. The highest BCUT2D eigenvalue weighted by Gasteiger charge is 2.34. The molecule has 2 atom stereocenters. The minimum atomic E-state index is -0.815. The third-order valence-corrected chi connectivity index (χ3v) is 6.10. The van der Waals surface area contributed by atoms with Gasteiger partial charge in [0.2, 0.25) is 0 Å². The molecule has 1 unspecified atom stereocenters. The Hall–Kier alpha value is -3.77. The number of anilines is 1. The van der Waals surface area contributed by atoms with Gasteiger partial charge in [0.1, 0.15) is 5.82 Å². The van der Waals surface area contributed by atoms with Crippen molar-refractivity contribution in [3.8, 4) is 23.0 Å². The zero-order valence-corrected chi connectivity index (χ0v) is 18.3. The van der Waals surface area contributed by atoms with Crippen molar-refractivity contribution in [1.82, 2.24) is 20.1 Å². The van der Waals surface area contributed by atoms with Gasteiger partial charge in [0.15, 0.2) is 5.82 Å². The summed E-state index contributed by atoms with van der Waals surface area (Å²) in [6.45, 7) is 5.33. The van der Waals surface area contributed by atoms with Gasteiger partial charge in [-0.05, 0) is 37.5 Å². The predicted octanol–water partition coefficient (Wildman–Crippen LogP) is 2.79. The maximum Gasteiger partial charge on any atom is 0.255 e. The number of hydrogen-bond acceptors (Lipinski definition) is 6. The number of piperidine rings is 1. The molecule has 1 saturated heterocycles. The Morgan fingerprint density at radius 2 is 2.15 bits per heavy atom. The number of fused-ring (bicyclic) bond motifs is 1. The summed E-state index contributed by atoms with van der Waals surface area (Å²) in [7, 11) is 0. The van der Waals surface area contributed by atoms with Gasteiger partial charge < -0.3 is 15.3 Å². The molecule has 2 N–H and O–H groups in total. The molecular weight excluding hydrogens is 423 g/mol. The van der Waals surface area contributed by atoms with Crippen molar-refractivity contribution in [2.45, 2.75) is 32.4 Å². The molecule has 33 heavy (non-hydrogen) atoms. The first kappa shape index (κ1) is 21.1. The summed E-state index contributed by atoms with van der Waals surface area (Å²) in [5, 5.41) is 27.5. The normalized spacial score (nSPS) is 22.1. The SMILES string of the molecule is CC1CN(c2ccn(-c3cc(-c4c(F)cccc4C#N)nc4c3C(=O)NC4)n2)C[C@@](C)(O)C1. The van der Waals surface area contributed by atoms with E-state index in [0.717, 1.165) is 13.0 Å². The van der Waals surface area contributed by atoms with E-state index in [1.54, 1.807) is 16.9 Å². The Morgan fingerprint density at radius 1 is 1.33 bits per heavy atom. The van der Waals surface area contributed by atoms with E-state index < -0.39 is 11.4 Å². The van der Waals surface area contributed by atoms with Crippen molar-refractivity contribution in [2.24, 2.45) is 5.92 Å². The number of nitriles is 1. The molecule has 8 nitrogen and oxygen atoms in total. The molecule has 0 radical (unpaired) electrons. The van der Waals surface area contributed by atoms with Gasteiger partial charge in [-0.1, -0.05) is 13.0 Å². The van der Waals surface area contributed by atoms with Crippen LogP contribution in [0.3, 0.4) is 0 Å². The number of rotatable bonds is 3. The minimum absolute atomic E-state index is 0.0941. The molecule has 5 rings (SSSR count). The zero-order chi connectivity index (χ0) is 23.3. The number of carbonyl (C=O) groups is 1. The van der Waals surface area contributed by atoms with Crippen molar-refractivity contribution in [3.05, 3.63) is 59.2 Å². The Bertz CT molecular complexity index is 1310. The summed E-state index contributed by atoms with van der Waals surface area (Å²) >= 11 is 0. The number of amides is 1. The molecule has 2 aromatic heterocycles. The van der Waals surface area contributed by atoms with Crippen LogP contribution >= 0.6 is 0 Å². The maximum absolute atomic E-state index is 14.7. The number of halogens is 1. The van der Waals surface area contributed by atoms with Crippen molar-refractivity contribution in [1.29, 1.82) is 5.26 Å². The maximum atomic E-state index is 14.7. The van der Waals surface area contributed by atoms with Gasteiger partial charge >= 0.3 is 0 Å². The molecule has 9 heteroatoms. The van der Waals surface area contributed by atoms with Gasteiger partial charge in [-0.2, -0.15) is 10.4 Å². The molecule has 0 aliphatic carbocycles. The van der Waals surface area contributed by atoms with Crippen molar-refractivity contribution in [2.75, 3.05) is 18.0 Å². The second-order valence-corrected chi connectivity index (χ2v) is 9.11. The molecular formula is C24H23FN6O2. The second kappa shape index (κ2) is 7.67. The van der Waals surface area contributed by atoms with E-state index in [-0.39, 0.29) is 29.3 Å². The fourth-order valence-corrected chi connectivity index (χ4v) is 4.92. The molecule has 2 aliphatic rings. The van der Waals surface area contributed by atoms with E-state index in [0.29, 0.717) is 35.2 Å². The minimum Gasteiger partial charge on any atom is -0.388 e. The van der Waals surface area contributed by atoms with Gasteiger partial charge in [-0.3, -0.25) is 4.79 Å². The van der Waals surface area contributed by atoms with E-state index in [9.17, 15) is 19.6 Å². The average Bonchev–Trinajstić information content (AvgIpc) is 3.39. The molecule has 0 saturated carbocycles. The topological polar surface area (TPSA) is 107 Å².